The van der Waals surface area contributed by atoms with Gasteiger partial charge in [0.1, 0.15) is 11.9 Å². The van der Waals surface area contributed by atoms with E-state index >= 15 is 0 Å². The number of aromatic carboxylic acids is 1. The third-order valence-electron chi connectivity index (χ3n) is 2.40. The molecule has 16 heavy (non-hydrogen) atoms. The van der Waals surface area contributed by atoms with E-state index in [0.717, 1.165) is 0 Å². The van der Waals surface area contributed by atoms with Gasteiger partial charge in [-0.15, -0.1) is 0 Å². The average molecular weight is 228 g/mol. The van der Waals surface area contributed by atoms with E-state index in [1.54, 1.807) is 7.11 Å². The zero-order valence-corrected chi connectivity index (χ0v) is 9.56. The minimum Gasteiger partial charge on any atom is -0.475 e. The third kappa shape index (κ3) is 3.08. The molecule has 2 N–H and O–H groups in total. The topological polar surface area (TPSA) is 79.9 Å². The van der Waals surface area contributed by atoms with Gasteiger partial charge in [-0.2, -0.15) is 0 Å². The lowest BCUT2D eigenvalue weighted by Gasteiger charge is -2.24. The van der Waals surface area contributed by atoms with Gasteiger partial charge in [0, 0.05) is 13.5 Å². The molecule has 90 valence electrons. The van der Waals surface area contributed by atoms with Crippen LogP contribution >= 0.6 is 0 Å². The predicted octanol–water partition coefficient (Wildman–Crippen LogP) is 1.83. The van der Waals surface area contributed by atoms with Crippen molar-refractivity contribution in [3.05, 3.63) is 23.7 Å². The Labute approximate surface area is 93.6 Å². The van der Waals surface area contributed by atoms with Crippen LogP contribution in [0.15, 0.2) is 16.5 Å². The Balaban J connectivity index is 2.73. The Morgan fingerprint density at radius 2 is 2.19 bits per heavy atom. The monoisotopic (exact) mass is 228 g/mol. The molecule has 0 spiro atoms. The van der Waals surface area contributed by atoms with Crippen molar-refractivity contribution >= 4 is 5.97 Å². The van der Waals surface area contributed by atoms with Gasteiger partial charge in [0.2, 0.25) is 5.76 Å². The molecule has 5 nitrogen and oxygen atoms in total. The average Bonchev–Trinajstić information content (AvgIpc) is 2.66. The minimum absolute atomic E-state index is 0.177. The van der Waals surface area contributed by atoms with Gasteiger partial charge in [0.15, 0.2) is 0 Å². The molecule has 1 rings (SSSR count). The van der Waals surface area contributed by atoms with E-state index in [0.29, 0.717) is 6.42 Å². The molecule has 0 saturated carbocycles. The smallest absolute Gasteiger partial charge is 0.371 e. The molecule has 0 saturated heterocycles. The van der Waals surface area contributed by atoms with Gasteiger partial charge in [0.05, 0.1) is 5.60 Å². The fraction of sp³-hybridized carbons (Fsp3) is 0.545. The van der Waals surface area contributed by atoms with Crippen molar-refractivity contribution in [3.8, 4) is 0 Å². The van der Waals surface area contributed by atoms with Crippen LogP contribution in [0.3, 0.4) is 0 Å². The molecule has 0 aliphatic heterocycles. The second-order valence-electron chi connectivity index (χ2n) is 4.19. The number of furan rings is 1. The number of carbonyl (C=O) groups is 1. The van der Waals surface area contributed by atoms with Crippen molar-refractivity contribution < 1.29 is 24.2 Å². The van der Waals surface area contributed by atoms with Crippen molar-refractivity contribution in [2.75, 3.05) is 7.11 Å². The highest BCUT2D eigenvalue weighted by Gasteiger charge is 2.25. The maximum atomic E-state index is 10.6. The zero-order valence-electron chi connectivity index (χ0n) is 9.56. The van der Waals surface area contributed by atoms with Gasteiger partial charge in [-0.1, -0.05) is 0 Å². The van der Waals surface area contributed by atoms with Crippen molar-refractivity contribution in [1.29, 1.82) is 0 Å². The number of carboxylic acids is 1. The largest absolute Gasteiger partial charge is 0.475 e. The van der Waals surface area contributed by atoms with Crippen LogP contribution in [0.1, 0.15) is 42.7 Å². The quantitative estimate of drug-likeness (QED) is 0.803. The summed E-state index contributed by atoms with van der Waals surface area (Å²) in [5.74, 6) is -1.09. The standard InChI is InChI=1S/C11H16O5/c1-11(2,15-3)6-7(12)8-4-5-9(16-8)10(13)14/h4-5,7,12H,6H2,1-3H3,(H,13,14). The van der Waals surface area contributed by atoms with Crippen LogP contribution in [0.25, 0.3) is 0 Å². The van der Waals surface area contributed by atoms with E-state index < -0.39 is 17.7 Å². The molecular weight excluding hydrogens is 212 g/mol. The van der Waals surface area contributed by atoms with Crippen LogP contribution in [-0.2, 0) is 4.74 Å². The highest BCUT2D eigenvalue weighted by molar-refractivity contribution is 5.84. The fourth-order valence-electron chi connectivity index (χ4n) is 1.30. The molecule has 0 bridgehead atoms. The van der Waals surface area contributed by atoms with Crippen LogP contribution in [0, 0.1) is 0 Å². The molecule has 0 amide bonds. The Kier molecular flexibility index (Phi) is 3.72. The Hall–Kier alpha value is -1.33. The minimum atomic E-state index is -1.15. The summed E-state index contributed by atoms with van der Waals surface area (Å²) in [5.41, 5.74) is -0.490. The molecule has 1 unspecified atom stereocenters. The van der Waals surface area contributed by atoms with E-state index in [9.17, 15) is 9.90 Å². The van der Waals surface area contributed by atoms with Gasteiger partial charge in [-0.25, -0.2) is 4.79 Å². The summed E-state index contributed by atoms with van der Waals surface area (Å²) in [6.07, 6.45) is -0.543. The number of carboxylic acid groups (broad SMARTS) is 1. The molecule has 1 aromatic rings. The van der Waals surface area contributed by atoms with Gasteiger partial charge in [-0.05, 0) is 26.0 Å². The molecule has 1 heterocycles. The molecule has 0 radical (unpaired) electrons. The van der Waals surface area contributed by atoms with Crippen molar-refractivity contribution in [3.63, 3.8) is 0 Å². The van der Waals surface area contributed by atoms with Crippen LogP contribution in [0.5, 0.6) is 0 Å². The fourth-order valence-corrected chi connectivity index (χ4v) is 1.30. The molecule has 0 aromatic carbocycles. The number of aliphatic hydroxyl groups excluding tert-OH is 1. The lowest BCUT2D eigenvalue weighted by molar-refractivity contribution is -0.0250. The molecule has 0 aliphatic rings. The summed E-state index contributed by atoms with van der Waals surface area (Å²) >= 11 is 0. The molecule has 1 aromatic heterocycles. The lowest BCUT2D eigenvalue weighted by atomic mass is 9.99. The van der Waals surface area contributed by atoms with E-state index in [1.165, 1.54) is 12.1 Å². The summed E-state index contributed by atoms with van der Waals surface area (Å²) in [7, 11) is 1.55. The molecule has 5 heteroatoms. The van der Waals surface area contributed by atoms with E-state index in [-0.39, 0.29) is 11.5 Å². The van der Waals surface area contributed by atoms with Crippen LogP contribution in [-0.4, -0.2) is 28.9 Å². The maximum Gasteiger partial charge on any atom is 0.371 e. The summed E-state index contributed by atoms with van der Waals surface area (Å²) in [6.45, 7) is 3.66. The van der Waals surface area contributed by atoms with Crippen molar-refractivity contribution in [1.82, 2.24) is 0 Å². The Morgan fingerprint density at radius 3 is 2.62 bits per heavy atom. The second kappa shape index (κ2) is 4.67. The number of hydrogen-bond acceptors (Lipinski definition) is 4. The third-order valence-corrected chi connectivity index (χ3v) is 2.40. The normalized spacial score (nSPS) is 13.8. The van der Waals surface area contributed by atoms with Gasteiger partial charge < -0.3 is 19.4 Å². The number of rotatable bonds is 5. The van der Waals surface area contributed by atoms with E-state index in [2.05, 4.69) is 0 Å². The molecule has 0 aliphatic carbocycles. The summed E-state index contributed by atoms with van der Waals surface area (Å²) in [5, 5.41) is 18.5. The second-order valence-corrected chi connectivity index (χ2v) is 4.19. The number of methoxy groups -OCH3 is 1. The Morgan fingerprint density at radius 1 is 1.56 bits per heavy atom. The first kappa shape index (κ1) is 12.7. The number of hydrogen-bond donors (Lipinski definition) is 2. The predicted molar refractivity (Wildman–Crippen MR) is 56.3 cm³/mol. The van der Waals surface area contributed by atoms with E-state index in [4.69, 9.17) is 14.3 Å². The van der Waals surface area contributed by atoms with Gasteiger partial charge in [0.25, 0.3) is 0 Å². The SMILES string of the molecule is COC(C)(C)CC(O)c1ccc(C(=O)O)o1. The number of aliphatic hydroxyl groups is 1. The Bertz CT molecular complexity index is 366. The van der Waals surface area contributed by atoms with Crippen molar-refractivity contribution in [2.24, 2.45) is 0 Å². The van der Waals surface area contributed by atoms with Crippen LogP contribution in [0.2, 0.25) is 0 Å². The van der Waals surface area contributed by atoms with Gasteiger partial charge in [-0.3, -0.25) is 0 Å². The highest BCUT2D eigenvalue weighted by atomic mass is 16.5. The first-order valence-electron chi connectivity index (χ1n) is 4.92. The van der Waals surface area contributed by atoms with Crippen LogP contribution < -0.4 is 0 Å². The van der Waals surface area contributed by atoms with E-state index in [1.807, 2.05) is 13.8 Å². The zero-order chi connectivity index (χ0) is 12.3. The summed E-state index contributed by atoms with van der Waals surface area (Å²) in [4.78, 5) is 10.6. The summed E-state index contributed by atoms with van der Waals surface area (Å²) < 4.78 is 10.2. The van der Waals surface area contributed by atoms with Crippen molar-refractivity contribution in [2.45, 2.75) is 32.0 Å². The lowest BCUT2D eigenvalue weighted by Crippen LogP contribution is -2.25. The summed E-state index contributed by atoms with van der Waals surface area (Å²) in [6, 6.07) is 2.78. The molecular formula is C11H16O5. The van der Waals surface area contributed by atoms with Gasteiger partial charge >= 0.3 is 5.97 Å². The first-order valence-corrected chi connectivity index (χ1v) is 4.92. The molecule has 0 fully saturated rings. The highest BCUT2D eigenvalue weighted by Crippen LogP contribution is 2.26. The number of ether oxygens (including phenoxy) is 1. The first-order chi connectivity index (χ1) is 7.35. The maximum absolute atomic E-state index is 10.6. The molecule has 1 atom stereocenters. The van der Waals surface area contributed by atoms with Crippen LogP contribution in [0.4, 0.5) is 0 Å².